The lowest BCUT2D eigenvalue weighted by Gasteiger charge is -2.27. The summed E-state index contributed by atoms with van der Waals surface area (Å²) in [5.74, 6) is 0.564. The number of aromatic amines is 1. The van der Waals surface area contributed by atoms with E-state index in [1.807, 2.05) is 18.2 Å². The van der Waals surface area contributed by atoms with Crippen LogP contribution in [-0.4, -0.2) is 27.7 Å². The van der Waals surface area contributed by atoms with Crippen molar-refractivity contribution in [3.63, 3.8) is 0 Å². The molecular weight excluding hydrogens is 410 g/mol. The number of hydrogen-bond donors (Lipinski definition) is 2. The van der Waals surface area contributed by atoms with Crippen LogP contribution in [0.15, 0.2) is 53.9 Å². The molecule has 0 fully saturated rings. The van der Waals surface area contributed by atoms with Crippen molar-refractivity contribution < 1.29 is 18.3 Å². The average molecular weight is 430 g/mol. The first-order valence-corrected chi connectivity index (χ1v) is 10.5. The molecule has 0 saturated carbocycles. The molecule has 1 aliphatic carbocycles. The number of carbonyl (C=O) groups excluding carboxylic acids is 1. The third kappa shape index (κ3) is 4.79. The Labute approximate surface area is 176 Å². The molecule has 4 rings (SSSR count). The molecule has 0 saturated heterocycles. The minimum atomic E-state index is -2.85. The molecule has 2 aromatic carbocycles. The fourth-order valence-electron chi connectivity index (χ4n) is 3.63. The molecule has 1 atom stereocenters. The van der Waals surface area contributed by atoms with E-state index in [2.05, 4.69) is 25.2 Å². The minimum Gasteiger partial charge on any atom is -0.435 e. The Morgan fingerprint density at radius 3 is 2.97 bits per heavy atom. The number of thioether (sulfide) groups is 1. The summed E-state index contributed by atoms with van der Waals surface area (Å²) in [6.45, 7) is -2.85. The van der Waals surface area contributed by atoms with Gasteiger partial charge in [-0.05, 0) is 54.2 Å². The highest BCUT2D eigenvalue weighted by molar-refractivity contribution is 7.98. The number of benzene rings is 2. The van der Waals surface area contributed by atoms with Gasteiger partial charge < -0.3 is 10.1 Å². The first kappa shape index (κ1) is 20.3. The number of nitrogens with one attached hydrogen (secondary N) is 2. The summed E-state index contributed by atoms with van der Waals surface area (Å²) in [5.41, 5.74) is 3.38. The standard InChI is InChI=1S/C21H20F2N4O2S/c22-20(23)29-15-8-9-16-13(10-15)5-3-7-18(16)26-19(28)17-6-2-1-4-14(17)11-30-21-24-12-25-27-21/h1-2,4,6,8-10,12,18,20H,3,5,7,11H2,(H,26,28)(H,24,25,27). The first-order valence-electron chi connectivity index (χ1n) is 9.54. The Kier molecular flexibility index (Phi) is 6.27. The van der Waals surface area contributed by atoms with E-state index >= 15 is 0 Å². The zero-order valence-electron chi connectivity index (χ0n) is 16.0. The van der Waals surface area contributed by atoms with Gasteiger partial charge in [-0.2, -0.15) is 13.9 Å². The molecule has 1 aliphatic rings. The van der Waals surface area contributed by atoms with Gasteiger partial charge in [0.25, 0.3) is 5.91 Å². The Balaban J connectivity index is 1.48. The van der Waals surface area contributed by atoms with E-state index in [1.54, 1.807) is 18.2 Å². The Morgan fingerprint density at radius 2 is 2.17 bits per heavy atom. The topological polar surface area (TPSA) is 79.9 Å². The molecule has 0 bridgehead atoms. The monoisotopic (exact) mass is 430 g/mol. The number of alkyl halides is 2. The molecular formula is C21H20F2N4O2S. The van der Waals surface area contributed by atoms with Gasteiger partial charge in [-0.3, -0.25) is 9.89 Å². The number of ether oxygens (including phenoxy) is 1. The lowest BCUT2D eigenvalue weighted by Crippen LogP contribution is -2.31. The van der Waals surface area contributed by atoms with Gasteiger partial charge in [0.2, 0.25) is 0 Å². The number of amides is 1. The predicted octanol–water partition coefficient (Wildman–Crippen LogP) is 4.51. The van der Waals surface area contributed by atoms with Crippen LogP contribution >= 0.6 is 11.8 Å². The second-order valence-electron chi connectivity index (χ2n) is 6.89. The largest absolute Gasteiger partial charge is 0.435 e. The van der Waals surface area contributed by atoms with Crippen LogP contribution in [0.4, 0.5) is 8.78 Å². The summed E-state index contributed by atoms with van der Waals surface area (Å²) in [6, 6.07) is 12.2. The summed E-state index contributed by atoms with van der Waals surface area (Å²) in [4.78, 5) is 17.1. The molecule has 0 spiro atoms. The summed E-state index contributed by atoms with van der Waals surface area (Å²) in [7, 11) is 0. The highest BCUT2D eigenvalue weighted by atomic mass is 32.2. The molecule has 0 aliphatic heterocycles. The maximum atomic E-state index is 13.0. The zero-order chi connectivity index (χ0) is 20.9. The number of fused-ring (bicyclic) bond motifs is 1. The molecule has 2 N–H and O–H groups in total. The first-order chi connectivity index (χ1) is 14.6. The fraction of sp³-hybridized carbons (Fsp3) is 0.286. The Hall–Kier alpha value is -2.94. The highest BCUT2D eigenvalue weighted by Crippen LogP contribution is 2.33. The Bertz CT molecular complexity index is 1010. The number of aromatic nitrogens is 3. The van der Waals surface area contributed by atoms with E-state index in [1.165, 1.54) is 24.2 Å². The second-order valence-corrected chi connectivity index (χ2v) is 7.86. The molecule has 156 valence electrons. The molecule has 9 heteroatoms. The van der Waals surface area contributed by atoms with Gasteiger partial charge in [0.15, 0.2) is 5.16 Å². The molecule has 1 unspecified atom stereocenters. The number of halogens is 2. The second kappa shape index (κ2) is 9.25. The lowest BCUT2D eigenvalue weighted by molar-refractivity contribution is -0.0499. The Morgan fingerprint density at radius 1 is 1.30 bits per heavy atom. The average Bonchev–Trinajstić information content (AvgIpc) is 3.26. The van der Waals surface area contributed by atoms with E-state index in [-0.39, 0.29) is 17.7 Å². The van der Waals surface area contributed by atoms with Crippen molar-refractivity contribution in [2.45, 2.75) is 42.8 Å². The van der Waals surface area contributed by atoms with Gasteiger partial charge in [0.1, 0.15) is 12.1 Å². The normalized spacial score (nSPS) is 15.6. The molecule has 0 radical (unpaired) electrons. The molecule has 30 heavy (non-hydrogen) atoms. The summed E-state index contributed by atoms with van der Waals surface area (Å²) in [6.07, 6.45) is 3.87. The van der Waals surface area contributed by atoms with Crippen LogP contribution in [0.25, 0.3) is 0 Å². The van der Waals surface area contributed by atoms with Crippen molar-refractivity contribution in [1.82, 2.24) is 20.5 Å². The van der Waals surface area contributed by atoms with Crippen LogP contribution < -0.4 is 10.1 Å². The van der Waals surface area contributed by atoms with Crippen molar-refractivity contribution in [3.05, 3.63) is 71.0 Å². The van der Waals surface area contributed by atoms with Crippen molar-refractivity contribution in [2.24, 2.45) is 0 Å². The van der Waals surface area contributed by atoms with Crippen LogP contribution in [0.3, 0.4) is 0 Å². The van der Waals surface area contributed by atoms with Gasteiger partial charge >= 0.3 is 6.61 Å². The zero-order valence-corrected chi connectivity index (χ0v) is 16.8. The minimum absolute atomic E-state index is 0.144. The van der Waals surface area contributed by atoms with Crippen LogP contribution in [0.1, 0.15) is 45.9 Å². The van der Waals surface area contributed by atoms with E-state index in [9.17, 15) is 13.6 Å². The molecule has 6 nitrogen and oxygen atoms in total. The van der Waals surface area contributed by atoms with Crippen LogP contribution in [0, 0.1) is 0 Å². The smallest absolute Gasteiger partial charge is 0.387 e. The quantitative estimate of drug-likeness (QED) is 0.540. The summed E-state index contributed by atoms with van der Waals surface area (Å²) in [5, 5.41) is 10.4. The van der Waals surface area contributed by atoms with Crippen molar-refractivity contribution in [1.29, 1.82) is 0 Å². The molecule has 1 aromatic heterocycles. The van der Waals surface area contributed by atoms with E-state index in [4.69, 9.17) is 0 Å². The van der Waals surface area contributed by atoms with E-state index in [0.29, 0.717) is 16.5 Å². The van der Waals surface area contributed by atoms with Gasteiger partial charge in [0.05, 0.1) is 6.04 Å². The lowest BCUT2D eigenvalue weighted by atomic mass is 9.87. The maximum Gasteiger partial charge on any atom is 0.387 e. The molecule has 1 amide bonds. The number of aryl methyl sites for hydroxylation is 1. The van der Waals surface area contributed by atoms with E-state index in [0.717, 1.165) is 36.0 Å². The van der Waals surface area contributed by atoms with E-state index < -0.39 is 6.61 Å². The van der Waals surface area contributed by atoms with Crippen LogP contribution in [0.2, 0.25) is 0 Å². The van der Waals surface area contributed by atoms with Gasteiger partial charge in [-0.25, -0.2) is 4.98 Å². The van der Waals surface area contributed by atoms with Crippen molar-refractivity contribution in [2.75, 3.05) is 0 Å². The number of carbonyl (C=O) groups is 1. The third-order valence-electron chi connectivity index (χ3n) is 4.98. The number of hydrogen-bond acceptors (Lipinski definition) is 5. The molecule has 1 heterocycles. The van der Waals surface area contributed by atoms with Gasteiger partial charge in [-0.1, -0.05) is 36.0 Å². The third-order valence-corrected chi connectivity index (χ3v) is 5.90. The van der Waals surface area contributed by atoms with Crippen molar-refractivity contribution >= 4 is 17.7 Å². The van der Waals surface area contributed by atoms with Gasteiger partial charge in [-0.15, -0.1) is 0 Å². The van der Waals surface area contributed by atoms with Crippen LogP contribution in [0.5, 0.6) is 5.75 Å². The maximum absolute atomic E-state index is 13.0. The van der Waals surface area contributed by atoms with Crippen molar-refractivity contribution in [3.8, 4) is 5.75 Å². The SMILES string of the molecule is O=C(NC1CCCc2cc(OC(F)F)ccc21)c1ccccc1CSc1ncn[nH]1. The highest BCUT2D eigenvalue weighted by Gasteiger charge is 2.24. The summed E-state index contributed by atoms with van der Waals surface area (Å²) < 4.78 is 29.5. The number of rotatable bonds is 7. The van der Waals surface area contributed by atoms with Gasteiger partial charge in [0, 0.05) is 11.3 Å². The van der Waals surface area contributed by atoms with Crippen LogP contribution in [-0.2, 0) is 12.2 Å². The fourth-order valence-corrected chi connectivity index (χ4v) is 4.41. The predicted molar refractivity (Wildman–Crippen MR) is 109 cm³/mol. The molecule has 3 aromatic rings. The number of H-pyrrole nitrogens is 1. The number of nitrogens with zero attached hydrogens (tertiary/aromatic N) is 2. The summed E-state index contributed by atoms with van der Waals surface area (Å²) >= 11 is 1.47.